The van der Waals surface area contributed by atoms with Gasteiger partial charge in [0, 0.05) is 20.2 Å². The van der Waals surface area contributed by atoms with E-state index in [2.05, 4.69) is 5.32 Å². The van der Waals surface area contributed by atoms with Crippen LogP contribution in [0.4, 0.5) is 4.79 Å². The Morgan fingerprint density at radius 3 is 2.82 bits per heavy atom. The summed E-state index contributed by atoms with van der Waals surface area (Å²) in [4.78, 5) is 40.5. The van der Waals surface area contributed by atoms with E-state index in [-0.39, 0.29) is 24.5 Å². The van der Waals surface area contributed by atoms with Gasteiger partial charge in [-0.2, -0.15) is 4.90 Å². The van der Waals surface area contributed by atoms with Gasteiger partial charge in [-0.1, -0.05) is 0 Å². The zero-order valence-electron chi connectivity index (χ0n) is 15.9. The SMILES string of the molecule is CN1C(=O)C2C=C(C(=O)NCC3CCCO3)[N+](Cc3ccco3)=C2N(C)C1=O. The number of amidine groups is 1. The fourth-order valence-corrected chi connectivity index (χ4v) is 3.84. The maximum Gasteiger partial charge on any atom is 0.417 e. The van der Waals surface area contributed by atoms with Crippen molar-refractivity contribution in [1.82, 2.24) is 15.1 Å². The summed E-state index contributed by atoms with van der Waals surface area (Å²) in [6.45, 7) is 1.36. The quantitative estimate of drug-likeness (QED) is 0.744. The summed E-state index contributed by atoms with van der Waals surface area (Å²) in [6, 6.07) is 3.10. The molecule has 148 valence electrons. The number of nitrogens with zero attached hydrogens (tertiary/aromatic N) is 3. The molecule has 2 saturated heterocycles. The van der Waals surface area contributed by atoms with Crippen molar-refractivity contribution in [3.05, 3.63) is 35.9 Å². The number of carbonyl (C=O) groups is 3. The first-order valence-electron chi connectivity index (χ1n) is 9.31. The summed E-state index contributed by atoms with van der Waals surface area (Å²) in [5.74, 6) is -0.263. The number of urea groups is 1. The molecular weight excluding hydrogens is 364 g/mol. The van der Waals surface area contributed by atoms with E-state index in [0.29, 0.717) is 30.4 Å². The van der Waals surface area contributed by atoms with Gasteiger partial charge in [-0.3, -0.25) is 9.59 Å². The van der Waals surface area contributed by atoms with Gasteiger partial charge in [-0.05, 0) is 31.1 Å². The third kappa shape index (κ3) is 3.11. The molecule has 2 unspecified atom stereocenters. The standard InChI is InChI=1S/C19H22N4O5/c1-21-17-14(18(25)22(2)19(21)26)9-15(23(17)11-13-6-4-8-28-13)16(24)20-10-12-5-3-7-27-12/h4,6,8-9,12,14H,3,5,7,10-11H2,1-2H3/p+1. The lowest BCUT2D eigenvalue weighted by Crippen LogP contribution is -2.57. The second-order valence-electron chi connectivity index (χ2n) is 7.14. The van der Waals surface area contributed by atoms with Crippen molar-refractivity contribution in [2.24, 2.45) is 5.92 Å². The monoisotopic (exact) mass is 387 g/mol. The highest BCUT2D eigenvalue weighted by Gasteiger charge is 2.52. The molecule has 9 heteroatoms. The summed E-state index contributed by atoms with van der Waals surface area (Å²) in [6.07, 6.45) is 5.07. The van der Waals surface area contributed by atoms with E-state index in [1.807, 2.05) is 0 Å². The average molecular weight is 387 g/mol. The van der Waals surface area contributed by atoms with Crippen molar-refractivity contribution in [2.75, 3.05) is 27.2 Å². The minimum Gasteiger partial charge on any atom is -0.465 e. The molecule has 1 aromatic rings. The molecule has 0 aliphatic carbocycles. The number of ether oxygens (including phenoxy) is 1. The summed E-state index contributed by atoms with van der Waals surface area (Å²) in [7, 11) is 3.04. The molecule has 4 amide bonds. The highest BCUT2D eigenvalue weighted by Crippen LogP contribution is 2.27. The van der Waals surface area contributed by atoms with Gasteiger partial charge < -0.3 is 14.5 Å². The minimum atomic E-state index is -0.689. The fourth-order valence-electron chi connectivity index (χ4n) is 3.84. The average Bonchev–Trinajstić information content (AvgIpc) is 3.44. The molecule has 28 heavy (non-hydrogen) atoms. The van der Waals surface area contributed by atoms with Gasteiger partial charge in [0.15, 0.2) is 11.6 Å². The molecule has 3 aliphatic heterocycles. The lowest BCUT2D eigenvalue weighted by atomic mass is 10.0. The number of amides is 4. The predicted octanol–water partition coefficient (Wildman–Crippen LogP) is 0.523. The van der Waals surface area contributed by atoms with Crippen LogP contribution in [-0.2, 0) is 20.9 Å². The zero-order chi connectivity index (χ0) is 19.8. The first kappa shape index (κ1) is 18.4. The van der Waals surface area contributed by atoms with Crippen LogP contribution in [0.2, 0.25) is 0 Å². The van der Waals surface area contributed by atoms with Gasteiger partial charge in [0.05, 0.1) is 19.4 Å². The number of nitrogens with one attached hydrogen (secondary N) is 1. The number of hydrogen-bond acceptors (Lipinski definition) is 5. The largest absolute Gasteiger partial charge is 0.465 e. The van der Waals surface area contributed by atoms with Crippen LogP contribution in [-0.4, -0.2) is 71.4 Å². The minimum absolute atomic E-state index is 0.0106. The van der Waals surface area contributed by atoms with Crippen molar-refractivity contribution < 1.29 is 28.1 Å². The van der Waals surface area contributed by atoms with Crippen molar-refractivity contribution in [3.8, 4) is 0 Å². The molecular formula is C19H23N4O5+. The number of carbonyl (C=O) groups excluding carboxylic acids is 3. The second kappa shape index (κ2) is 7.23. The molecule has 1 aromatic heterocycles. The predicted molar refractivity (Wildman–Crippen MR) is 97.2 cm³/mol. The fraction of sp³-hybridized carbons (Fsp3) is 0.474. The van der Waals surface area contributed by atoms with E-state index in [1.54, 1.807) is 36.1 Å². The molecule has 0 aromatic carbocycles. The molecule has 4 heterocycles. The van der Waals surface area contributed by atoms with Gasteiger partial charge in [0.1, 0.15) is 12.3 Å². The topological polar surface area (TPSA) is 95.1 Å². The molecule has 0 bridgehead atoms. The van der Waals surface area contributed by atoms with Crippen LogP contribution in [0.1, 0.15) is 18.6 Å². The van der Waals surface area contributed by atoms with E-state index >= 15 is 0 Å². The van der Waals surface area contributed by atoms with Gasteiger partial charge in [0.25, 0.3) is 17.6 Å². The van der Waals surface area contributed by atoms with Crippen LogP contribution >= 0.6 is 0 Å². The summed E-state index contributed by atoms with van der Waals surface area (Å²) in [5.41, 5.74) is 0.331. The lowest BCUT2D eigenvalue weighted by Gasteiger charge is -2.27. The number of furan rings is 1. The van der Waals surface area contributed by atoms with E-state index in [9.17, 15) is 14.4 Å². The molecule has 9 nitrogen and oxygen atoms in total. The normalized spacial score (nSPS) is 24.7. The number of imide groups is 1. The maximum atomic E-state index is 12.9. The van der Waals surface area contributed by atoms with E-state index in [4.69, 9.17) is 9.15 Å². The number of hydrogen-bond donors (Lipinski definition) is 1. The lowest BCUT2D eigenvalue weighted by molar-refractivity contribution is -0.492. The molecule has 0 radical (unpaired) electrons. The Hall–Kier alpha value is -2.94. The summed E-state index contributed by atoms with van der Waals surface area (Å²) < 4.78 is 12.7. The summed E-state index contributed by atoms with van der Waals surface area (Å²) >= 11 is 0. The molecule has 0 spiro atoms. The number of rotatable bonds is 5. The Bertz CT molecular complexity index is 867. The Balaban J connectivity index is 1.65. The Morgan fingerprint density at radius 2 is 2.14 bits per heavy atom. The first-order valence-corrected chi connectivity index (χ1v) is 9.31. The third-order valence-corrected chi connectivity index (χ3v) is 5.33. The van der Waals surface area contributed by atoms with Crippen LogP contribution in [0.3, 0.4) is 0 Å². The molecule has 2 atom stereocenters. The van der Waals surface area contributed by atoms with Gasteiger partial charge >= 0.3 is 6.03 Å². The van der Waals surface area contributed by atoms with Gasteiger partial charge in [-0.15, -0.1) is 0 Å². The molecule has 2 fully saturated rings. The van der Waals surface area contributed by atoms with Crippen LogP contribution in [0.25, 0.3) is 0 Å². The Labute approximate surface area is 162 Å². The van der Waals surface area contributed by atoms with Crippen LogP contribution in [0, 0.1) is 5.92 Å². The third-order valence-electron chi connectivity index (χ3n) is 5.33. The highest BCUT2D eigenvalue weighted by atomic mass is 16.5. The Morgan fingerprint density at radius 1 is 1.32 bits per heavy atom. The molecule has 0 saturated carbocycles. The van der Waals surface area contributed by atoms with Gasteiger partial charge in [-0.25, -0.2) is 14.3 Å². The second-order valence-corrected chi connectivity index (χ2v) is 7.14. The Kier molecular flexibility index (Phi) is 4.76. The molecule has 1 N–H and O–H groups in total. The highest BCUT2D eigenvalue weighted by molar-refractivity contribution is 6.19. The zero-order valence-corrected chi connectivity index (χ0v) is 15.9. The van der Waals surface area contributed by atoms with Gasteiger partial charge in [0.2, 0.25) is 0 Å². The van der Waals surface area contributed by atoms with Crippen LogP contribution in [0.5, 0.6) is 0 Å². The van der Waals surface area contributed by atoms with E-state index in [0.717, 1.165) is 17.7 Å². The van der Waals surface area contributed by atoms with Crippen LogP contribution < -0.4 is 5.32 Å². The van der Waals surface area contributed by atoms with Crippen molar-refractivity contribution in [2.45, 2.75) is 25.5 Å². The molecule has 3 aliphatic rings. The van der Waals surface area contributed by atoms with Crippen LogP contribution in [0.15, 0.2) is 34.6 Å². The van der Waals surface area contributed by atoms with Crippen molar-refractivity contribution in [3.63, 3.8) is 0 Å². The van der Waals surface area contributed by atoms with Crippen molar-refractivity contribution >= 4 is 23.7 Å². The maximum absolute atomic E-state index is 12.9. The smallest absolute Gasteiger partial charge is 0.417 e. The van der Waals surface area contributed by atoms with E-state index < -0.39 is 11.9 Å². The van der Waals surface area contributed by atoms with E-state index in [1.165, 1.54) is 11.9 Å². The molecule has 4 rings (SSSR count). The summed E-state index contributed by atoms with van der Waals surface area (Å²) in [5, 5.41) is 2.89. The first-order chi connectivity index (χ1) is 13.5. The number of fused-ring (bicyclic) bond motifs is 1. The van der Waals surface area contributed by atoms with Crippen molar-refractivity contribution in [1.29, 1.82) is 0 Å².